The van der Waals surface area contributed by atoms with E-state index in [1.165, 1.54) is 25.7 Å². The van der Waals surface area contributed by atoms with Crippen molar-refractivity contribution in [2.45, 2.75) is 31.7 Å². The van der Waals surface area contributed by atoms with Crippen LogP contribution in [0.5, 0.6) is 0 Å². The molecule has 2 rings (SSSR count). The predicted molar refractivity (Wildman–Crippen MR) is 54.2 cm³/mol. The van der Waals surface area contributed by atoms with Gasteiger partial charge in [0, 0.05) is 25.1 Å². The highest BCUT2D eigenvalue weighted by atomic mass is 35.5. The van der Waals surface area contributed by atoms with Crippen LogP contribution in [0.4, 0.5) is 0 Å². The van der Waals surface area contributed by atoms with Gasteiger partial charge in [-0.2, -0.15) is 0 Å². The SMILES string of the molecule is ClCCC1(CNC2CCOC2)CC1. The van der Waals surface area contributed by atoms with Crippen LogP contribution in [0, 0.1) is 5.41 Å². The van der Waals surface area contributed by atoms with Gasteiger partial charge < -0.3 is 10.1 Å². The molecule has 1 saturated heterocycles. The lowest BCUT2D eigenvalue weighted by atomic mass is 10.0. The monoisotopic (exact) mass is 203 g/mol. The Kier molecular flexibility index (Phi) is 3.12. The minimum atomic E-state index is 0.560. The molecule has 1 atom stereocenters. The molecule has 2 nitrogen and oxygen atoms in total. The van der Waals surface area contributed by atoms with Gasteiger partial charge in [0.1, 0.15) is 0 Å². The van der Waals surface area contributed by atoms with Crippen molar-refractivity contribution in [1.82, 2.24) is 5.32 Å². The first-order valence-corrected chi connectivity index (χ1v) is 5.75. The van der Waals surface area contributed by atoms with Crippen molar-refractivity contribution in [3.8, 4) is 0 Å². The number of rotatable bonds is 5. The van der Waals surface area contributed by atoms with Crippen LogP contribution in [0.15, 0.2) is 0 Å². The van der Waals surface area contributed by atoms with E-state index in [1.807, 2.05) is 0 Å². The molecule has 3 heteroatoms. The third-order valence-electron chi connectivity index (χ3n) is 3.28. The first kappa shape index (κ1) is 9.75. The van der Waals surface area contributed by atoms with E-state index >= 15 is 0 Å². The molecule has 1 heterocycles. The van der Waals surface area contributed by atoms with E-state index in [-0.39, 0.29) is 0 Å². The first-order valence-electron chi connectivity index (χ1n) is 5.22. The third kappa shape index (κ3) is 2.58. The van der Waals surface area contributed by atoms with E-state index in [1.54, 1.807) is 0 Å². The number of nitrogens with one attached hydrogen (secondary N) is 1. The van der Waals surface area contributed by atoms with Crippen LogP contribution < -0.4 is 5.32 Å². The Labute approximate surface area is 85.0 Å². The van der Waals surface area contributed by atoms with Gasteiger partial charge in [-0.15, -0.1) is 11.6 Å². The number of alkyl halides is 1. The quantitative estimate of drug-likeness (QED) is 0.688. The number of ether oxygens (including phenoxy) is 1. The van der Waals surface area contributed by atoms with Gasteiger partial charge in [-0.3, -0.25) is 0 Å². The first-order chi connectivity index (χ1) is 6.35. The fourth-order valence-corrected chi connectivity index (χ4v) is 2.35. The summed E-state index contributed by atoms with van der Waals surface area (Å²) in [5.41, 5.74) is 0.560. The van der Waals surface area contributed by atoms with Crippen LogP contribution in [0.25, 0.3) is 0 Å². The Balaban J connectivity index is 1.66. The van der Waals surface area contributed by atoms with Crippen molar-refractivity contribution in [1.29, 1.82) is 0 Å². The number of halogens is 1. The molecule has 2 aliphatic rings. The van der Waals surface area contributed by atoms with Crippen LogP contribution in [0.1, 0.15) is 25.7 Å². The zero-order valence-corrected chi connectivity index (χ0v) is 8.78. The van der Waals surface area contributed by atoms with E-state index in [2.05, 4.69) is 5.32 Å². The van der Waals surface area contributed by atoms with Crippen LogP contribution in [0.2, 0.25) is 0 Å². The fourth-order valence-electron chi connectivity index (χ4n) is 1.95. The molecular formula is C10H18ClNO. The summed E-state index contributed by atoms with van der Waals surface area (Å²) in [5.74, 6) is 0.808. The predicted octanol–water partition coefficient (Wildman–Crippen LogP) is 1.77. The molecule has 76 valence electrons. The van der Waals surface area contributed by atoms with Crippen molar-refractivity contribution in [2.24, 2.45) is 5.41 Å². The lowest BCUT2D eigenvalue weighted by Crippen LogP contribution is -2.34. The van der Waals surface area contributed by atoms with Crippen molar-refractivity contribution in [3.05, 3.63) is 0 Å². The highest BCUT2D eigenvalue weighted by molar-refractivity contribution is 6.17. The highest BCUT2D eigenvalue weighted by Crippen LogP contribution is 2.48. The summed E-state index contributed by atoms with van der Waals surface area (Å²) < 4.78 is 5.31. The second kappa shape index (κ2) is 4.16. The van der Waals surface area contributed by atoms with E-state index in [4.69, 9.17) is 16.3 Å². The summed E-state index contributed by atoms with van der Waals surface area (Å²) in [6, 6.07) is 0.604. The van der Waals surface area contributed by atoms with Crippen molar-refractivity contribution in [2.75, 3.05) is 25.6 Å². The molecule has 0 bridgehead atoms. The molecular weight excluding hydrogens is 186 g/mol. The Morgan fingerprint density at radius 1 is 1.46 bits per heavy atom. The fraction of sp³-hybridized carbons (Fsp3) is 1.00. The van der Waals surface area contributed by atoms with Crippen molar-refractivity contribution >= 4 is 11.6 Å². The molecule has 1 N–H and O–H groups in total. The van der Waals surface area contributed by atoms with Gasteiger partial charge >= 0.3 is 0 Å². The molecule has 0 aromatic rings. The van der Waals surface area contributed by atoms with Crippen LogP contribution in [-0.2, 0) is 4.74 Å². The summed E-state index contributed by atoms with van der Waals surface area (Å²) >= 11 is 5.77. The van der Waals surface area contributed by atoms with E-state index in [0.717, 1.165) is 25.6 Å². The second-order valence-corrected chi connectivity index (χ2v) is 4.76. The average molecular weight is 204 g/mol. The summed E-state index contributed by atoms with van der Waals surface area (Å²) in [6.45, 7) is 2.98. The van der Waals surface area contributed by atoms with Gasteiger partial charge in [0.25, 0.3) is 0 Å². The third-order valence-corrected chi connectivity index (χ3v) is 3.47. The molecule has 0 spiro atoms. The lowest BCUT2D eigenvalue weighted by molar-refractivity contribution is 0.188. The number of hydrogen-bond acceptors (Lipinski definition) is 2. The smallest absolute Gasteiger partial charge is 0.0620 e. The van der Waals surface area contributed by atoms with Gasteiger partial charge in [0.05, 0.1) is 6.61 Å². The maximum absolute atomic E-state index is 5.77. The molecule has 1 unspecified atom stereocenters. The molecule has 0 radical (unpaired) electrons. The Bertz CT molecular complexity index is 164. The van der Waals surface area contributed by atoms with Gasteiger partial charge in [-0.25, -0.2) is 0 Å². The van der Waals surface area contributed by atoms with Crippen LogP contribution in [0.3, 0.4) is 0 Å². The molecule has 1 saturated carbocycles. The van der Waals surface area contributed by atoms with Gasteiger partial charge in [-0.05, 0) is 31.1 Å². The molecule has 0 amide bonds. The lowest BCUT2D eigenvalue weighted by Gasteiger charge is -2.17. The van der Waals surface area contributed by atoms with Gasteiger partial charge in [-0.1, -0.05) is 0 Å². The molecule has 1 aliphatic heterocycles. The summed E-state index contributed by atoms with van der Waals surface area (Å²) in [6.07, 6.45) is 5.08. The normalized spacial score (nSPS) is 30.7. The Morgan fingerprint density at radius 2 is 2.31 bits per heavy atom. The number of hydrogen-bond donors (Lipinski definition) is 1. The average Bonchev–Trinajstić information content (AvgIpc) is 2.71. The minimum Gasteiger partial charge on any atom is -0.380 e. The van der Waals surface area contributed by atoms with Crippen molar-refractivity contribution < 1.29 is 4.74 Å². The molecule has 0 aromatic heterocycles. The minimum absolute atomic E-state index is 0.560. The maximum Gasteiger partial charge on any atom is 0.0620 e. The standard InChI is InChI=1S/C10H18ClNO/c11-5-4-10(2-3-10)8-12-9-1-6-13-7-9/h9,12H,1-8H2. The van der Waals surface area contributed by atoms with Gasteiger partial charge in [0.2, 0.25) is 0 Å². The molecule has 0 aromatic carbocycles. The highest BCUT2D eigenvalue weighted by Gasteiger charge is 2.41. The molecule has 2 fully saturated rings. The second-order valence-electron chi connectivity index (χ2n) is 4.38. The van der Waals surface area contributed by atoms with Crippen molar-refractivity contribution in [3.63, 3.8) is 0 Å². The van der Waals surface area contributed by atoms with E-state index in [0.29, 0.717) is 11.5 Å². The summed E-state index contributed by atoms with van der Waals surface area (Å²) in [5, 5.41) is 3.59. The topological polar surface area (TPSA) is 21.3 Å². The summed E-state index contributed by atoms with van der Waals surface area (Å²) in [7, 11) is 0. The van der Waals surface area contributed by atoms with Crippen LogP contribution in [-0.4, -0.2) is 31.7 Å². The molecule has 1 aliphatic carbocycles. The van der Waals surface area contributed by atoms with E-state index in [9.17, 15) is 0 Å². The maximum atomic E-state index is 5.77. The van der Waals surface area contributed by atoms with E-state index < -0.39 is 0 Å². The van der Waals surface area contributed by atoms with Crippen LogP contribution >= 0.6 is 11.6 Å². The van der Waals surface area contributed by atoms with Gasteiger partial charge in [0.15, 0.2) is 0 Å². The zero-order chi connectivity index (χ0) is 9.15. The zero-order valence-electron chi connectivity index (χ0n) is 8.02. The largest absolute Gasteiger partial charge is 0.380 e. The molecule has 13 heavy (non-hydrogen) atoms. The Morgan fingerprint density at radius 3 is 2.85 bits per heavy atom. The summed E-state index contributed by atoms with van der Waals surface area (Å²) in [4.78, 5) is 0. The Hall–Kier alpha value is 0.210.